The number of nitrogens with zero attached hydrogens (tertiary/aromatic N) is 3. The number of nitrogen functional groups attached to an aromatic ring is 1. The summed E-state index contributed by atoms with van der Waals surface area (Å²) in [7, 11) is -1.17. The second kappa shape index (κ2) is 7.63. The summed E-state index contributed by atoms with van der Waals surface area (Å²) in [6.07, 6.45) is 0. The average Bonchev–Trinajstić information content (AvgIpc) is 2.46. The molecule has 2 aromatic rings. The van der Waals surface area contributed by atoms with Gasteiger partial charge >= 0.3 is 29.6 Å². The van der Waals surface area contributed by atoms with E-state index in [4.69, 9.17) is 15.2 Å². The van der Waals surface area contributed by atoms with Gasteiger partial charge in [-0.05, 0) is 30.1 Å². The second-order valence-electron chi connectivity index (χ2n) is 3.89. The Kier molecular flexibility index (Phi) is 6.42. The number of nitrogens with two attached hydrogens (primary N) is 1. The van der Waals surface area contributed by atoms with Gasteiger partial charge in [-0.25, -0.2) is 8.42 Å². The summed E-state index contributed by atoms with van der Waals surface area (Å²) in [5, 5.41) is 0. The van der Waals surface area contributed by atoms with E-state index in [-0.39, 0.29) is 52.2 Å². The van der Waals surface area contributed by atoms with Gasteiger partial charge in [0.05, 0.1) is 19.1 Å². The molecular weight excluding hydrogens is 319 g/mol. The van der Waals surface area contributed by atoms with Crippen molar-refractivity contribution in [3.63, 3.8) is 0 Å². The van der Waals surface area contributed by atoms with Crippen LogP contribution in [0.1, 0.15) is 0 Å². The third-order valence-electron chi connectivity index (χ3n) is 2.45. The third-order valence-corrected chi connectivity index (χ3v) is 3.75. The zero-order valence-electron chi connectivity index (χ0n) is 12.3. The molecule has 1 aromatic carbocycles. The molecule has 0 fully saturated rings. The van der Waals surface area contributed by atoms with Crippen LogP contribution in [-0.4, -0.2) is 32.6 Å². The number of hydrogen-bond acceptors (Lipinski definition) is 7. The van der Waals surface area contributed by atoms with Crippen LogP contribution in [0.4, 0.5) is 11.5 Å². The Balaban J connectivity index is 0.00000242. The number of sulfonamides is 1. The van der Waals surface area contributed by atoms with Crippen molar-refractivity contribution in [1.29, 1.82) is 0 Å². The van der Waals surface area contributed by atoms with Crippen LogP contribution in [0.25, 0.3) is 4.72 Å². The first kappa shape index (κ1) is 18.5. The van der Waals surface area contributed by atoms with Crippen LogP contribution in [0.5, 0.6) is 11.9 Å². The Morgan fingerprint density at radius 2 is 1.73 bits per heavy atom. The van der Waals surface area contributed by atoms with Crippen molar-refractivity contribution < 1.29 is 47.4 Å². The molecule has 0 unspecified atom stereocenters. The monoisotopic (exact) mass is 332 g/mol. The molecule has 0 aliphatic rings. The van der Waals surface area contributed by atoms with Crippen LogP contribution in [0.2, 0.25) is 0 Å². The molecule has 0 radical (unpaired) electrons. The number of rotatable bonds is 5. The van der Waals surface area contributed by atoms with Gasteiger partial charge in [-0.2, -0.15) is 4.98 Å². The molecule has 0 atom stereocenters. The molecule has 0 aliphatic heterocycles. The van der Waals surface area contributed by atoms with Gasteiger partial charge in [-0.1, -0.05) is 0 Å². The minimum atomic E-state index is -3.91. The van der Waals surface area contributed by atoms with Crippen molar-refractivity contribution in [2.24, 2.45) is 0 Å². The molecule has 8 nitrogen and oxygen atoms in total. The third kappa shape index (κ3) is 4.47. The first-order valence-electron chi connectivity index (χ1n) is 5.75. The number of benzene rings is 1. The maximum absolute atomic E-state index is 12.2. The zero-order chi connectivity index (χ0) is 15.5. The van der Waals surface area contributed by atoms with Crippen molar-refractivity contribution in [2.75, 3.05) is 20.0 Å². The molecular formula is C12H13N4NaO4S. The van der Waals surface area contributed by atoms with E-state index >= 15 is 0 Å². The molecule has 10 heteroatoms. The summed E-state index contributed by atoms with van der Waals surface area (Å²) in [5.41, 5.74) is 5.98. The zero-order valence-corrected chi connectivity index (χ0v) is 15.2. The number of aromatic nitrogens is 2. The van der Waals surface area contributed by atoms with Crippen molar-refractivity contribution in [2.45, 2.75) is 4.90 Å². The van der Waals surface area contributed by atoms with E-state index in [1.54, 1.807) is 0 Å². The molecule has 0 aliphatic carbocycles. The van der Waals surface area contributed by atoms with Gasteiger partial charge < -0.3 is 24.9 Å². The first-order chi connectivity index (χ1) is 9.94. The predicted octanol–water partition coefficient (Wildman–Crippen LogP) is -1.53. The maximum Gasteiger partial charge on any atom is 1.00 e. The summed E-state index contributed by atoms with van der Waals surface area (Å²) in [5.74, 6) is 0.0589. The van der Waals surface area contributed by atoms with Gasteiger partial charge in [-0.15, -0.1) is 0 Å². The Hall–Kier alpha value is -1.55. The smallest absolute Gasteiger partial charge is 0.483 e. The number of anilines is 1. The van der Waals surface area contributed by atoms with Crippen molar-refractivity contribution in [3.8, 4) is 11.9 Å². The molecule has 2 rings (SSSR count). The van der Waals surface area contributed by atoms with Crippen molar-refractivity contribution >= 4 is 21.5 Å². The molecule has 0 amide bonds. The maximum atomic E-state index is 12.2. The number of ether oxygens (including phenoxy) is 2. The summed E-state index contributed by atoms with van der Waals surface area (Å²) in [6, 6.07) is 6.93. The standard InChI is InChI=1S/C12H13N4O4S.Na/c1-19-11-7-10(14-12(15-11)20-2)16-21(17,18)9-5-3-8(13)4-6-9;/h3-7H,13H2,1-2H3;/q-1;+1. The van der Waals surface area contributed by atoms with E-state index in [9.17, 15) is 8.42 Å². The van der Waals surface area contributed by atoms with E-state index in [1.807, 2.05) is 0 Å². The molecule has 2 N–H and O–H groups in total. The van der Waals surface area contributed by atoms with Crippen LogP contribution in [-0.2, 0) is 10.0 Å². The van der Waals surface area contributed by atoms with E-state index < -0.39 is 10.0 Å². The van der Waals surface area contributed by atoms with E-state index in [2.05, 4.69) is 14.7 Å². The Bertz CT molecular complexity index is 715. The van der Waals surface area contributed by atoms with Crippen molar-refractivity contribution in [1.82, 2.24) is 9.97 Å². The minimum absolute atomic E-state index is 0. The average molecular weight is 332 g/mol. The van der Waals surface area contributed by atoms with E-state index in [0.717, 1.165) is 0 Å². The molecule has 0 spiro atoms. The van der Waals surface area contributed by atoms with Gasteiger partial charge in [0.15, 0.2) is 0 Å². The van der Waals surface area contributed by atoms with Crippen LogP contribution in [0.15, 0.2) is 35.2 Å². The number of hydrogen-bond donors (Lipinski definition) is 1. The summed E-state index contributed by atoms with van der Waals surface area (Å²) in [4.78, 5) is 7.71. The largest absolute Gasteiger partial charge is 1.00 e. The Morgan fingerprint density at radius 3 is 2.27 bits per heavy atom. The van der Waals surface area contributed by atoms with Gasteiger partial charge in [-0.3, -0.25) is 0 Å². The summed E-state index contributed by atoms with van der Waals surface area (Å²) in [6.45, 7) is 0. The topological polar surface area (TPSA) is 119 Å². The predicted molar refractivity (Wildman–Crippen MR) is 76.2 cm³/mol. The fraction of sp³-hybridized carbons (Fsp3) is 0.167. The molecule has 0 saturated heterocycles. The molecule has 0 bridgehead atoms. The minimum Gasteiger partial charge on any atom is -0.483 e. The van der Waals surface area contributed by atoms with Gasteiger partial charge in [0.2, 0.25) is 21.9 Å². The molecule has 112 valence electrons. The van der Waals surface area contributed by atoms with E-state index in [0.29, 0.717) is 5.69 Å². The van der Waals surface area contributed by atoms with Gasteiger partial charge in [0.1, 0.15) is 0 Å². The fourth-order valence-electron chi connectivity index (χ4n) is 1.45. The van der Waals surface area contributed by atoms with Crippen LogP contribution >= 0.6 is 0 Å². The van der Waals surface area contributed by atoms with Crippen LogP contribution < -0.4 is 44.8 Å². The fourth-order valence-corrected chi connectivity index (χ4v) is 2.38. The first-order valence-corrected chi connectivity index (χ1v) is 7.19. The molecule has 22 heavy (non-hydrogen) atoms. The Labute approximate surface area is 150 Å². The van der Waals surface area contributed by atoms with Gasteiger partial charge in [0.25, 0.3) is 0 Å². The quantitative estimate of drug-likeness (QED) is 0.521. The molecule has 1 heterocycles. The van der Waals surface area contributed by atoms with Crippen LogP contribution in [0, 0.1) is 0 Å². The number of methoxy groups -OCH3 is 2. The summed E-state index contributed by atoms with van der Waals surface area (Å²) >= 11 is 0. The van der Waals surface area contributed by atoms with Crippen molar-refractivity contribution in [3.05, 3.63) is 35.1 Å². The van der Waals surface area contributed by atoms with Gasteiger partial charge in [0, 0.05) is 11.8 Å². The SMILES string of the molecule is COc1cc([N-]S(=O)(=O)c2ccc(N)cc2)nc(OC)n1.[Na+]. The van der Waals surface area contributed by atoms with E-state index in [1.165, 1.54) is 44.6 Å². The molecule has 1 aromatic heterocycles. The molecule has 0 saturated carbocycles. The summed E-state index contributed by atoms with van der Waals surface area (Å²) < 4.78 is 37.7. The second-order valence-corrected chi connectivity index (χ2v) is 5.49. The van der Waals surface area contributed by atoms with Crippen LogP contribution in [0.3, 0.4) is 0 Å². The Morgan fingerprint density at radius 1 is 1.09 bits per heavy atom. The normalized spacial score (nSPS) is 10.5.